The minimum Gasteiger partial charge on any atom is -0.398 e. The predicted octanol–water partition coefficient (Wildman–Crippen LogP) is 2.91. The second-order valence-electron chi connectivity index (χ2n) is 4.78. The Morgan fingerprint density at radius 3 is 2.95 bits per heavy atom. The standard InChI is InChI=1S/C15H19BrN4O/c1-2-6-19-14(21)5-7-18-13-4-3-12(17)11-8-10(16)9-20-15(11)13/h3-4,8-9,18H,2,5-7,17H2,1H3,(H,19,21). The zero-order valence-electron chi connectivity index (χ0n) is 11.9. The number of fused-ring (bicyclic) bond motifs is 1. The molecular formula is C15H19BrN4O. The Hall–Kier alpha value is -1.82. The van der Waals surface area contributed by atoms with Gasteiger partial charge in [0.05, 0.1) is 11.2 Å². The maximum atomic E-state index is 11.6. The average Bonchev–Trinajstić information content (AvgIpc) is 2.48. The molecule has 0 radical (unpaired) electrons. The quantitative estimate of drug-likeness (QED) is 0.699. The molecule has 6 heteroatoms. The molecule has 1 aromatic heterocycles. The Bertz CT molecular complexity index is 645. The van der Waals surface area contributed by atoms with E-state index in [-0.39, 0.29) is 5.91 Å². The number of halogens is 1. The van der Waals surface area contributed by atoms with Gasteiger partial charge in [-0.25, -0.2) is 0 Å². The number of nitrogens with zero attached hydrogens (tertiary/aromatic N) is 1. The lowest BCUT2D eigenvalue weighted by Crippen LogP contribution is -2.25. The first-order valence-electron chi connectivity index (χ1n) is 6.96. The summed E-state index contributed by atoms with van der Waals surface area (Å²) in [4.78, 5) is 16.0. The number of amides is 1. The fourth-order valence-electron chi connectivity index (χ4n) is 2.02. The van der Waals surface area contributed by atoms with Gasteiger partial charge in [-0.2, -0.15) is 0 Å². The first kappa shape index (κ1) is 15.6. The molecule has 0 aliphatic heterocycles. The van der Waals surface area contributed by atoms with Crippen LogP contribution in [0, 0.1) is 0 Å². The monoisotopic (exact) mass is 350 g/mol. The van der Waals surface area contributed by atoms with E-state index in [4.69, 9.17) is 5.73 Å². The van der Waals surface area contributed by atoms with Gasteiger partial charge >= 0.3 is 0 Å². The molecule has 112 valence electrons. The van der Waals surface area contributed by atoms with Crippen LogP contribution in [0.4, 0.5) is 11.4 Å². The number of hydrogen-bond acceptors (Lipinski definition) is 4. The fraction of sp³-hybridized carbons (Fsp3) is 0.333. The maximum absolute atomic E-state index is 11.6. The average molecular weight is 351 g/mol. The summed E-state index contributed by atoms with van der Waals surface area (Å²) in [5.41, 5.74) is 8.35. The van der Waals surface area contributed by atoms with E-state index in [2.05, 4.69) is 31.5 Å². The van der Waals surface area contributed by atoms with Crippen molar-refractivity contribution in [3.63, 3.8) is 0 Å². The zero-order chi connectivity index (χ0) is 15.2. The van der Waals surface area contributed by atoms with E-state index in [0.717, 1.165) is 34.0 Å². The van der Waals surface area contributed by atoms with Crippen molar-refractivity contribution in [2.24, 2.45) is 0 Å². The summed E-state index contributed by atoms with van der Waals surface area (Å²) in [6.45, 7) is 3.31. The van der Waals surface area contributed by atoms with Gasteiger partial charge in [0.25, 0.3) is 0 Å². The Kier molecular flexibility index (Phi) is 5.38. The van der Waals surface area contributed by atoms with Crippen molar-refractivity contribution < 1.29 is 4.79 Å². The Labute approximate surface area is 132 Å². The van der Waals surface area contributed by atoms with E-state index < -0.39 is 0 Å². The smallest absolute Gasteiger partial charge is 0.221 e. The molecule has 1 heterocycles. The van der Waals surface area contributed by atoms with Crippen LogP contribution in [0.5, 0.6) is 0 Å². The van der Waals surface area contributed by atoms with Crippen molar-refractivity contribution >= 4 is 44.1 Å². The van der Waals surface area contributed by atoms with Gasteiger partial charge in [-0.3, -0.25) is 9.78 Å². The van der Waals surface area contributed by atoms with Crippen LogP contribution in [-0.4, -0.2) is 24.0 Å². The van der Waals surface area contributed by atoms with Crippen molar-refractivity contribution in [2.45, 2.75) is 19.8 Å². The fourth-order valence-corrected chi connectivity index (χ4v) is 2.35. The second kappa shape index (κ2) is 7.26. The molecule has 0 fully saturated rings. The molecule has 1 amide bonds. The number of carbonyl (C=O) groups is 1. The molecule has 1 aromatic carbocycles. The molecule has 2 aromatic rings. The summed E-state index contributed by atoms with van der Waals surface area (Å²) in [6, 6.07) is 5.68. The predicted molar refractivity (Wildman–Crippen MR) is 90.3 cm³/mol. The van der Waals surface area contributed by atoms with E-state index in [9.17, 15) is 4.79 Å². The van der Waals surface area contributed by atoms with Gasteiger partial charge < -0.3 is 16.4 Å². The summed E-state index contributed by atoms with van der Waals surface area (Å²) >= 11 is 3.40. The number of anilines is 2. The Balaban J connectivity index is 2.06. The molecule has 0 saturated heterocycles. The number of rotatable bonds is 6. The van der Waals surface area contributed by atoms with E-state index in [1.54, 1.807) is 6.20 Å². The van der Waals surface area contributed by atoms with Crippen LogP contribution in [0.15, 0.2) is 28.9 Å². The second-order valence-corrected chi connectivity index (χ2v) is 5.69. The highest BCUT2D eigenvalue weighted by molar-refractivity contribution is 9.10. The molecular weight excluding hydrogens is 332 g/mol. The van der Waals surface area contributed by atoms with Gasteiger partial charge in [0.2, 0.25) is 5.91 Å². The molecule has 0 saturated carbocycles. The molecule has 0 unspecified atom stereocenters. The first-order chi connectivity index (χ1) is 10.1. The topological polar surface area (TPSA) is 80.0 Å². The lowest BCUT2D eigenvalue weighted by molar-refractivity contribution is -0.120. The van der Waals surface area contributed by atoms with E-state index >= 15 is 0 Å². The van der Waals surface area contributed by atoms with Crippen LogP contribution < -0.4 is 16.4 Å². The van der Waals surface area contributed by atoms with E-state index in [0.29, 0.717) is 18.7 Å². The molecule has 0 atom stereocenters. The molecule has 4 N–H and O–H groups in total. The maximum Gasteiger partial charge on any atom is 0.221 e. The van der Waals surface area contributed by atoms with Crippen molar-refractivity contribution in [3.8, 4) is 0 Å². The number of nitrogens with two attached hydrogens (primary N) is 1. The van der Waals surface area contributed by atoms with Crippen molar-refractivity contribution in [1.29, 1.82) is 0 Å². The van der Waals surface area contributed by atoms with Crippen LogP contribution in [0.1, 0.15) is 19.8 Å². The third kappa shape index (κ3) is 4.07. The summed E-state index contributed by atoms with van der Waals surface area (Å²) in [5.74, 6) is 0.0554. The van der Waals surface area contributed by atoms with E-state index in [1.807, 2.05) is 25.1 Å². The van der Waals surface area contributed by atoms with E-state index in [1.165, 1.54) is 0 Å². The molecule has 2 rings (SSSR count). The minimum absolute atomic E-state index is 0.0554. The minimum atomic E-state index is 0.0554. The summed E-state index contributed by atoms with van der Waals surface area (Å²) < 4.78 is 0.887. The highest BCUT2D eigenvalue weighted by atomic mass is 79.9. The highest BCUT2D eigenvalue weighted by Gasteiger charge is 2.07. The number of carbonyl (C=O) groups excluding carboxylic acids is 1. The Morgan fingerprint density at radius 2 is 2.19 bits per heavy atom. The van der Waals surface area contributed by atoms with Crippen LogP contribution >= 0.6 is 15.9 Å². The van der Waals surface area contributed by atoms with Gasteiger partial charge in [-0.1, -0.05) is 6.92 Å². The van der Waals surface area contributed by atoms with Crippen molar-refractivity contribution in [3.05, 3.63) is 28.9 Å². The molecule has 21 heavy (non-hydrogen) atoms. The third-order valence-corrected chi connectivity index (χ3v) is 3.52. The van der Waals surface area contributed by atoms with Gasteiger partial charge in [0.1, 0.15) is 0 Å². The number of nitrogen functional groups attached to an aromatic ring is 1. The normalized spacial score (nSPS) is 10.6. The van der Waals surface area contributed by atoms with Gasteiger partial charge in [-0.05, 0) is 40.5 Å². The number of hydrogen-bond donors (Lipinski definition) is 3. The summed E-state index contributed by atoms with van der Waals surface area (Å²) in [6.07, 6.45) is 3.11. The third-order valence-electron chi connectivity index (χ3n) is 3.09. The SMILES string of the molecule is CCCNC(=O)CCNc1ccc(N)c2cc(Br)cnc12. The van der Waals surface area contributed by atoms with Gasteiger partial charge in [0, 0.05) is 41.3 Å². The van der Waals surface area contributed by atoms with Crippen LogP contribution in [0.3, 0.4) is 0 Å². The Morgan fingerprint density at radius 1 is 1.38 bits per heavy atom. The summed E-state index contributed by atoms with van der Waals surface area (Å²) in [5, 5.41) is 6.99. The largest absolute Gasteiger partial charge is 0.398 e. The van der Waals surface area contributed by atoms with Gasteiger partial charge in [-0.15, -0.1) is 0 Å². The lowest BCUT2D eigenvalue weighted by Gasteiger charge is -2.11. The zero-order valence-corrected chi connectivity index (χ0v) is 13.5. The molecule has 0 aliphatic rings. The van der Waals surface area contributed by atoms with Crippen molar-refractivity contribution in [1.82, 2.24) is 10.3 Å². The van der Waals surface area contributed by atoms with Gasteiger partial charge in [0.15, 0.2) is 0 Å². The number of benzene rings is 1. The lowest BCUT2D eigenvalue weighted by atomic mass is 10.1. The number of aromatic nitrogens is 1. The van der Waals surface area contributed by atoms with Crippen LogP contribution in [0.2, 0.25) is 0 Å². The first-order valence-corrected chi connectivity index (χ1v) is 7.75. The van der Waals surface area contributed by atoms with Crippen molar-refractivity contribution in [2.75, 3.05) is 24.1 Å². The molecule has 5 nitrogen and oxygen atoms in total. The molecule has 0 spiro atoms. The number of nitrogens with one attached hydrogen (secondary N) is 2. The summed E-state index contributed by atoms with van der Waals surface area (Å²) in [7, 11) is 0. The highest BCUT2D eigenvalue weighted by Crippen LogP contribution is 2.28. The number of pyridine rings is 1. The van der Waals surface area contributed by atoms with Crippen LogP contribution in [-0.2, 0) is 4.79 Å². The van der Waals surface area contributed by atoms with Crippen LogP contribution in [0.25, 0.3) is 10.9 Å². The molecule has 0 aliphatic carbocycles. The molecule has 0 bridgehead atoms.